The van der Waals surface area contributed by atoms with Crippen molar-refractivity contribution >= 4 is 45.8 Å². The fourth-order valence-corrected chi connectivity index (χ4v) is 4.47. The van der Waals surface area contributed by atoms with E-state index in [2.05, 4.69) is 25.9 Å². The lowest BCUT2D eigenvalue weighted by Crippen LogP contribution is -2.33. The third kappa shape index (κ3) is 6.11. The van der Waals surface area contributed by atoms with E-state index in [0.717, 1.165) is 30.8 Å². The van der Waals surface area contributed by atoms with Crippen LogP contribution in [0.2, 0.25) is 5.02 Å². The number of halogens is 6. The highest BCUT2D eigenvalue weighted by Gasteiger charge is 2.33. The molecule has 0 saturated carbocycles. The quantitative estimate of drug-likeness (QED) is 0.191. The van der Waals surface area contributed by atoms with Crippen LogP contribution in [0.5, 0.6) is 0 Å². The van der Waals surface area contributed by atoms with Gasteiger partial charge in [-0.2, -0.15) is 13.2 Å². The van der Waals surface area contributed by atoms with Crippen LogP contribution in [0.15, 0.2) is 54.7 Å². The van der Waals surface area contributed by atoms with Crippen molar-refractivity contribution in [1.29, 1.82) is 0 Å². The Labute approximate surface area is 233 Å². The number of rotatable bonds is 5. The molecular formula is C27H19ClF5N5O3. The predicted molar refractivity (Wildman–Crippen MR) is 140 cm³/mol. The lowest BCUT2D eigenvalue weighted by molar-refractivity contribution is -0.137. The average molecular weight is 592 g/mol. The third-order valence-corrected chi connectivity index (χ3v) is 6.49. The second-order valence-electron chi connectivity index (χ2n) is 8.95. The van der Waals surface area contributed by atoms with Gasteiger partial charge in [0.1, 0.15) is 11.9 Å². The molecule has 1 atom stereocenters. The number of nitrogens with zero attached hydrogens (tertiary/aromatic N) is 2. The molecule has 0 spiro atoms. The summed E-state index contributed by atoms with van der Waals surface area (Å²) in [5, 5.41) is 6.85. The van der Waals surface area contributed by atoms with Gasteiger partial charge in [-0.15, -0.1) is 0 Å². The number of aromatic nitrogens is 2. The van der Waals surface area contributed by atoms with E-state index in [4.69, 9.17) is 16.3 Å². The van der Waals surface area contributed by atoms with Gasteiger partial charge >= 0.3 is 12.2 Å². The highest BCUT2D eigenvalue weighted by molar-refractivity contribution is 6.31. The van der Waals surface area contributed by atoms with Crippen LogP contribution in [0.1, 0.15) is 33.3 Å². The maximum Gasteiger partial charge on any atom is 0.417 e. The molecule has 0 bridgehead atoms. The molecule has 4 aromatic rings. The highest BCUT2D eigenvalue weighted by Crippen LogP contribution is 2.36. The number of amides is 2. The smallest absolute Gasteiger partial charge is 0.369 e. The van der Waals surface area contributed by atoms with Crippen LogP contribution in [-0.2, 0) is 10.9 Å². The van der Waals surface area contributed by atoms with Crippen LogP contribution in [0.4, 0.5) is 38.1 Å². The van der Waals surface area contributed by atoms with Crippen LogP contribution >= 0.6 is 11.6 Å². The second-order valence-corrected chi connectivity index (χ2v) is 9.35. The van der Waals surface area contributed by atoms with Gasteiger partial charge in [-0.1, -0.05) is 11.6 Å². The molecule has 1 saturated heterocycles. The summed E-state index contributed by atoms with van der Waals surface area (Å²) < 4.78 is 74.3. The molecule has 41 heavy (non-hydrogen) atoms. The molecule has 212 valence electrons. The van der Waals surface area contributed by atoms with Crippen molar-refractivity contribution in [3.8, 4) is 0 Å². The van der Waals surface area contributed by atoms with E-state index >= 15 is 4.39 Å². The van der Waals surface area contributed by atoms with E-state index in [1.54, 1.807) is 0 Å². The number of carbonyl (C=O) groups excluding carboxylic acids is 2. The van der Waals surface area contributed by atoms with Crippen LogP contribution in [0, 0.1) is 11.6 Å². The average Bonchev–Trinajstić information content (AvgIpc) is 2.94. The molecule has 0 aliphatic carbocycles. The Hall–Kier alpha value is -4.20. The number of urea groups is 1. The summed E-state index contributed by atoms with van der Waals surface area (Å²) in [5.41, 5.74) is -1.41. The van der Waals surface area contributed by atoms with Gasteiger partial charge in [-0.25, -0.2) is 18.6 Å². The van der Waals surface area contributed by atoms with E-state index in [0.29, 0.717) is 35.9 Å². The number of fused-ring (bicyclic) bond motifs is 1. The van der Waals surface area contributed by atoms with Gasteiger partial charge in [0.2, 0.25) is 0 Å². The Bertz CT molecular complexity index is 1660. The fraction of sp³-hybridized carbons (Fsp3) is 0.185. The highest BCUT2D eigenvalue weighted by atomic mass is 35.5. The third-order valence-electron chi connectivity index (χ3n) is 6.18. The van der Waals surface area contributed by atoms with Gasteiger partial charge < -0.3 is 20.7 Å². The number of morpholine rings is 1. The van der Waals surface area contributed by atoms with Gasteiger partial charge in [0.05, 0.1) is 51.4 Å². The van der Waals surface area contributed by atoms with Crippen LogP contribution < -0.4 is 16.0 Å². The zero-order valence-corrected chi connectivity index (χ0v) is 21.5. The molecule has 14 heteroatoms. The van der Waals surface area contributed by atoms with E-state index in [9.17, 15) is 27.2 Å². The van der Waals surface area contributed by atoms with Crippen molar-refractivity contribution in [1.82, 2.24) is 15.3 Å². The van der Waals surface area contributed by atoms with Crippen molar-refractivity contribution < 1.29 is 36.3 Å². The SMILES string of the molecule is O=C(Nc1ccc(C(F)(F)F)c(Cl)c1)Nc1ccc(F)c(C(=O)c2ccc3nc(C4CNCCO4)cnc3c2)c1F. The zero-order valence-electron chi connectivity index (χ0n) is 20.8. The van der Waals surface area contributed by atoms with Gasteiger partial charge in [-0.3, -0.25) is 9.78 Å². The summed E-state index contributed by atoms with van der Waals surface area (Å²) >= 11 is 5.65. The van der Waals surface area contributed by atoms with Gasteiger partial charge in [0, 0.05) is 24.3 Å². The van der Waals surface area contributed by atoms with Crippen LogP contribution in [0.25, 0.3) is 11.0 Å². The zero-order chi connectivity index (χ0) is 29.3. The van der Waals surface area contributed by atoms with Crippen molar-refractivity contribution in [3.63, 3.8) is 0 Å². The van der Waals surface area contributed by atoms with Gasteiger partial charge in [-0.05, 0) is 48.5 Å². The Kier molecular flexibility index (Phi) is 7.84. The molecule has 1 fully saturated rings. The van der Waals surface area contributed by atoms with Crippen LogP contribution in [0.3, 0.4) is 0 Å². The number of hydrogen-bond acceptors (Lipinski definition) is 6. The Morgan fingerprint density at radius 3 is 2.54 bits per heavy atom. The molecule has 2 amide bonds. The van der Waals surface area contributed by atoms with Gasteiger partial charge in [0.25, 0.3) is 0 Å². The first-order chi connectivity index (χ1) is 19.5. The number of anilines is 2. The Morgan fingerprint density at radius 1 is 1.02 bits per heavy atom. The van der Waals surface area contributed by atoms with Crippen molar-refractivity contribution in [2.24, 2.45) is 0 Å². The molecule has 2 heterocycles. The molecule has 1 aliphatic rings. The summed E-state index contributed by atoms with van der Waals surface area (Å²) in [6.07, 6.45) is -3.48. The minimum atomic E-state index is -4.69. The number of benzene rings is 3. The first kappa shape index (κ1) is 28.3. The minimum Gasteiger partial charge on any atom is -0.369 e. The molecule has 1 aromatic heterocycles. The number of hydrogen-bond donors (Lipinski definition) is 3. The predicted octanol–water partition coefficient (Wildman–Crippen LogP) is 6.12. The maximum atomic E-state index is 15.3. The fourth-order valence-electron chi connectivity index (χ4n) is 4.19. The minimum absolute atomic E-state index is 0.0751. The Balaban J connectivity index is 1.35. The molecule has 5 rings (SSSR count). The lowest BCUT2D eigenvalue weighted by atomic mass is 10.0. The summed E-state index contributed by atoms with van der Waals surface area (Å²) in [6.45, 7) is 1.81. The number of ketones is 1. The van der Waals surface area contributed by atoms with E-state index in [-0.39, 0.29) is 17.4 Å². The number of carbonyl (C=O) groups is 2. The number of nitrogens with one attached hydrogen (secondary N) is 3. The summed E-state index contributed by atoms with van der Waals surface area (Å²) in [7, 11) is 0. The standard InChI is InChI=1S/C27H19ClF5N5O3/c28-16-10-14(2-3-15(16)27(31,32)33)36-26(40)38-19-6-4-17(29)23(24(19)30)25(39)13-1-5-18-20(9-13)35-11-21(37-18)22-12-34-7-8-41-22/h1-6,9-11,22,34H,7-8,12H2,(H2,36,38,40). The van der Waals surface area contributed by atoms with Crippen LogP contribution in [-0.4, -0.2) is 41.5 Å². The normalized spacial score (nSPS) is 15.5. The largest absolute Gasteiger partial charge is 0.417 e. The van der Waals surface area contributed by atoms with Gasteiger partial charge in [0.15, 0.2) is 11.6 Å². The van der Waals surface area contributed by atoms with E-state index < -0.39 is 51.5 Å². The van der Waals surface area contributed by atoms with E-state index in [1.807, 2.05) is 0 Å². The number of alkyl halides is 3. The summed E-state index contributed by atoms with van der Waals surface area (Å²) in [4.78, 5) is 34.3. The molecule has 8 nitrogen and oxygen atoms in total. The van der Waals surface area contributed by atoms with Crippen molar-refractivity contribution in [2.45, 2.75) is 12.3 Å². The molecule has 3 aromatic carbocycles. The summed E-state index contributed by atoms with van der Waals surface area (Å²) in [6, 6.07) is 7.30. The molecule has 1 aliphatic heterocycles. The van der Waals surface area contributed by atoms with Crippen molar-refractivity contribution in [2.75, 3.05) is 30.3 Å². The molecule has 1 unspecified atom stereocenters. The first-order valence-electron chi connectivity index (χ1n) is 12.1. The lowest BCUT2D eigenvalue weighted by Gasteiger charge is -2.22. The molecular weight excluding hydrogens is 573 g/mol. The molecule has 3 N–H and O–H groups in total. The maximum absolute atomic E-state index is 15.3. The molecule has 0 radical (unpaired) electrons. The van der Waals surface area contributed by atoms with E-state index in [1.165, 1.54) is 24.4 Å². The topological polar surface area (TPSA) is 105 Å². The number of ether oxygens (including phenoxy) is 1. The summed E-state index contributed by atoms with van der Waals surface area (Å²) in [5.74, 6) is -3.53. The Morgan fingerprint density at radius 2 is 1.83 bits per heavy atom. The first-order valence-corrected chi connectivity index (χ1v) is 12.5. The monoisotopic (exact) mass is 591 g/mol. The second kappa shape index (κ2) is 11.4. The van der Waals surface area contributed by atoms with Crippen molar-refractivity contribution in [3.05, 3.63) is 93.8 Å².